The normalized spacial score (nSPS) is 7.92. The lowest BCUT2D eigenvalue weighted by atomic mass is 10.2. The topological polar surface area (TPSA) is 36.7 Å². The number of rotatable bonds is 0. The van der Waals surface area contributed by atoms with Crippen LogP contribution < -0.4 is 0 Å². The third kappa shape index (κ3) is 3.02. The van der Waals surface area contributed by atoms with Crippen LogP contribution in [0.3, 0.4) is 0 Å². The summed E-state index contributed by atoms with van der Waals surface area (Å²) in [5.41, 5.74) is 1.39. The second-order valence-corrected chi connectivity index (χ2v) is 2.81. The molecule has 0 unspecified atom stereocenters. The predicted octanol–water partition coefficient (Wildman–Crippen LogP) is 3.05. The minimum absolute atomic E-state index is 0.620. The number of hydrogen-bond acceptors (Lipinski definition) is 2. The maximum Gasteiger partial charge on any atom is 0.101 e. The van der Waals surface area contributed by atoms with E-state index in [-0.39, 0.29) is 0 Å². The fraction of sp³-hybridized carbons (Fsp3) is 0.333. The number of nitriles is 1. The minimum atomic E-state index is 0.620. The zero-order chi connectivity index (χ0) is 9.56. The largest absolute Gasteiger partial charge is 0.259 e. The molecular formula is C9H11BrN2. The van der Waals surface area contributed by atoms with Gasteiger partial charge in [-0.2, -0.15) is 5.26 Å². The van der Waals surface area contributed by atoms with E-state index in [0.29, 0.717) is 5.56 Å². The second kappa shape index (κ2) is 5.73. The molecule has 0 spiro atoms. The van der Waals surface area contributed by atoms with Gasteiger partial charge < -0.3 is 0 Å². The van der Waals surface area contributed by atoms with Crippen molar-refractivity contribution in [1.82, 2.24) is 4.98 Å². The van der Waals surface area contributed by atoms with Gasteiger partial charge >= 0.3 is 0 Å². The zero-order valence-corrected chi connectivity index (χ0v) is 9.01. The van der Waals surface area contributed by atoms with Gasteiger partial charge in [0, 0.05) is 10.7 Å². The summed E-state index contributed by atoms with van der Waals surface area (Å²) < 4.78 is 0.842. The van der Waals surface area contributed by atoms with Crippen molar-refractivity contribution in [3.63, 3.8) is 0 Å². The average Bonchev–Trinajstić information content (AvgIpc) is 2.13. The lowest BCUT2D eigenvalue weighted by molar-refractivity contribution is 1.17. The number of aryl methyl sites for hydroxylation is 1. The van der Waals surface area contributed by atoms with Crippen LogP contribution in [0.25, 0.3) is 0 Å². The minimum Gasteiger partial charge on any atom is -0.259 e. The molecule has 1 aromatic heterocycles. The second-order valence-electron chi connectivity index (χ2n) is 1.90. The number of hydrogen-bond donors (Lipinski definition) is 0. The first-order valence-electron chi connectivity index (χ1n) is 3.76. The van der Waals surface area contributed by atoms with E-state index < -0.39 is 0 Å². The summed E-state index contributed by atoms with van der Waals surface area (Å²) in [6, 6.07) is 3.80. The van der Waals surface area contributed by atoms with Gasteiger partial charge in [0.15, 0.2) is 0 Å². The maximum absolute atomic E-state index is 8.53. The molecule has 0 aliphatic heterocycles. The van der Waals surface area contributed by atoms with Crippen molar-refractivity contribution >= 4 is 15.9 Å². The molecule has 0 fully saturated rings. The Bertz CT molecular complexity index is 289. The first-order chi connectivity index (χ1) is 5.74. The molecule has 64 valence electrons. The Hall–Kier alpha value is -0.880. The number of halogens is 1. The van der Waals surface area contributed by atoms with E-state index in [2.05, 4.69) is 20.9 Å². The molecule has 0 N–H and O–H groups in total. The summed E-state index contributed by atoms with van der Waals surface area (Å²) in [6.45, 7) is 5.81. The molecule has 0 saturated carbocycles. The summed E-state index contributed by atoms with van der Waals surface area (Å²) in [5.74, 6) is 0. The van der Waals surface area contributed by atoms with Crippen molar-refractivity contribution in [2.24, 2.45) is 0 Å². The van der Waals surface area contributed by atoms with E-state index in [0.717, 1.165) is 10.2 Å². The number of nitrogens with zero attached hydrogens (tertiary/aromatic N) is 2. The van der Waals surface area contributed by atoms with Crippen molar-refractivity contribution in [2.75, 3.05) is 0 Å². The summed E-state index contributed by atoms with van der Waals surface area (Å²) in [7, 11) is 0. The lowest BCUT2D eigenvalue weighted by Crippen LogP contribution is -1.85. The van der Waals surface area contributed by atoms with Gasteiger partial charge in [-0.3, -0.25) is 4.98 Å². The molecule has 0 radical (unpaired) electrons. The summed E-state index contributed by atoms with van der Waals surface area (Å²) in [5, 5.41) is 8.53. The zero-order valence-electron chi connectivity index (χ0n) is 7.43. The van der Waals surface area contributed by atoms with Crippen molar-refractivity contribution < 1.29 is 0 Å². The average molecular weight is 227 g/mol. The van der Waals surface area contributed by atoms with Gasteiger partial charge in [0.25, 0.3) is 0 Å². The van der Waals surface area contributed by atoms with Crippen LogP contribution >= 0.6 is 15.9 Å². The highest BCUT2D eigenvalue weighted by atomic mass is 79.9. The Kier molecular flexibility index (Phi) is 5.31. The Balaban J connectivity index is 0.000000561. The molecule has 0 aliphatic rings. The first-order valence-corrected chi connectivity index (χ1v) is 4.55. The van der Waals surface area contributed by atoms with Crippen molar-refractivity contribution in [3.05, 3.63) is 28.0 Å². The van der Waals surface area contributed by atoms with Crippen molar-refractivity contribution in [2.45, 2.75) is 20.8 Å². The molecule has 0 aliphatic carbocycles. The standard InChI is InChI=1S/C7H5BrN2.C2H6/c1-5-6(3-9)2-7(8)4-10-5;1-2/h2,4H,1H3;1-2H3. The molecule has 1 rings (SSSR count). The molecule has 3 heteroatoms. The van der Waals surface area contributed by atoms with Gasteiger partial charge in [0.2, 0.25) is 0 Å². The van der Waals surface area contributed by atoms with Crippen molar-refractivity contribution in [1.29, 1.82) is 5.26 Å². The SMILES string of the molecule is CC.Cc1ncc(Br)cc1C#N. The predicted molar refractivity (Wildman–Crippen MR) is 52.7 cm³/mol. The Morgan fingerprint density at radius 3 is 2.50 bits per heavy atom. The van der Waals surface area contributed by atoms with Gasteiger partial charge in [-0.1, -0.05) is 13.8 Å². The molecule has 1 heterocycles. The molecule has 0 aromatic carbocycles. The van der Waals surface area contributed by atoms with Gasteiger partial charge in [-0.25, -0.2) is 0 Å². The molecular weight excluding hydrogens is 216 g/mol. The van der Waals surface area contributed by atoms with E-state index in [1.54, 1.807) is 12.3 Å². The van der Waals surface area contributed by atoms with Crippen LogP contribution in [0.5, 0.6) is 0 Å². The number of pyridine rings is 1. The quantitative estimate of drug-likeness (QED) is 0.682. The number of aromatic nitrogens is 1. The maximum atomic E-state index is 8.53. The molecule has 0 atom stereocenters. The molecule has 1 aromatic rings. The van der Waals surface area contributed by atoms with Crippen LogP contribution in [0, 0.1) is 18.3 Å². The summed E-state index contributed by atoms with van der Waals surface area (Å²) in [4.78, 5) is 3.98. The van der Waals surface area contributed by atoms with Gasteiger partial charge in [-0.05, 0) is 28.9 Å². The van der Waals surface area contributed by atoms with Crippen LogP contribution in [0.1, 0.15) is 25.1 Å². The smallest absolute Gasteiger partial charge is 0.101 e. The van der Waals surface area contributed by atoms with E-state index in [9.17, 15) is 0 Å². The Morgan fingerprint density at radius 1 is 1.50 bits per heavy atom. The van der Waals surface area contributed by atoms with E-state index in [4.69, 9.17) is 5.26 Å². The molecule has 2 nitrogen and oxygen atoms in total. The lowest BCUT2D eigenvalue weighted by Gasteiger charge is -1.93. The van der Waals surface area contributed by atoms with E-state index in [1.807, 2.05) is 26.8 Å². The van der Waals surface area contributed by atoms with Crippen LogP contribution in [0.4, 0.5) is 0 Å². The van der Waals surface area contributed by atoms with E-state index in [1.165, 1.54) is 0 Å². The fourth-order valence-electron chi connectivity index (χ4n) is 0.621. The highest BCUT2D eigenvalue weighted by Crippen LogP contribution is 2.11. The Labute approximate surface area is 81.4 Å². The third-order valence-corrected chi connectivity index (χ3v) is 1.61. The summed E-state index contributed by atoms with van der Waals surface area (Å²) >= 11 is 3.22. The van der Waals surface area contributed by atoms with E-state index >= 15 is 0 Å². The van der Waals surface area contributed by atoms with Gasteiger partial charge in [-0.15, -0.1) is 0 Å². The van der Waals surface area contributed by atoms with Crippen LogP contribution in [0.2, 0.25) is 0 Å². The van der Waals surface area contributed by atoms with Crippen LogP contribution in [-0.4, -0.2) is 4.98 Å². The van der Waals surface area contributed by atoms with Crippen LogP contribution in [0.15, 0.2) is 16.7 Å². The highest BCUT2D eigenvalue weighted by Gasteiger charge is 1.96. The summed E-state index contributed by atoms with van der Waals surface area (Å²) in [6.07, 6.45) is 1.68. The highest BCUT2D eigenvalue weighted by molar-refractivity contribution is 9.10. The Morgan fingerprint density at radius 2 is 2.08 bits per heavy atom. The molecule has 0 amide bonds. The molecule has 0 saturated heterocycles. The monoisotopic (exact) mass is 226 g/mol. The molecule has 0 bridgehead atoms. The molecule has 12 heavy (non-hydrogen) atoms. The van der Waals surface area contributed by atoms with Crippen LogP contribution in [-0.2, 0) is 0 Å². The fourth-order valence-corrected chi connectivity index (χ4v) is 0.952. The van der Waals surface area contributed by atoms with Gasteiger partial charge in [0.05, 0.1) is 11.3 Å². The third-order valence-electron chi connectivity index (χ3n) is 1.17. The first kappa shape index (κ1) is 11.1. The van der Waals surface area contributed by atoms with Crippen molar-refractivity contribution in [3.8, 4) is 6.07 Å². The van der Waals surface area contributed by atoms with Gasteiger partial charge in [0.1, 0.15) is 6.07 Å².